The number of nitrogens with two attached hydrogens (primary N) is 2. The first kappa shape index (κ1) is 11.4. The summed E-state index contributed by atoms with van der Waals surface area (Å²) >= 11 is 0. The summed E-state index contributed by atoms with van der Waals surface area (Å²) in [5.74, 6) is -0.122. The second kappa shape index (κ2) is 3.85. The van der Waals surface area contributed by atoms with Crippen molar-refractivity contribution in [3.05, 3.63) is 23.4 Å². The van der Waals surface area contributed by atoms with Gasteiger partial charge in [-0.05, 0) is 11.6 Å². The van der Waals surface area contributed by atoms with Gasteiger partial charge in [0.25, 0.3) is 0 Å². The smallest absolute Gasteiger partial charge is 0.383 e. The van der Waals surface area contributed by atoms with Crippen LogP contribution in [0.15, 0.2) is 12.3 Å². The van der Waals surface area contributed by atoms with Gasteiger partial charge in [0.15, 0.2) is 6.29 Å². The van der Waals surface area contributed by atoms with E-state index in [9.17, 15) is 18.0 Å². The topological polar surface area (TPSA) is 82.0 Å². The maximum Gasteiger partial charge on any atom is 0.407 e. The Morgan fingerprint density at radius 2 is 2.07 bits per heavy atom. The molecular weight excluding hydrogens is 211 g/mol. The van der Waals surface area contributed by atoms with Crippen LogP contribution >= 0.6 is 0 Å². The standard InChI is InChI=1S/C8H8F3N3O/c9-8(10,11)6(12)4-1-5(3-15)7(13)14-2-4/h1-3,6H,12H2,(H2,13,14)/t6-/m0/s1. The summed E-state index contributed by atoms with van der Waals surface area (Å²) in [6.45, 7) is 0. The van der Waals surface area contributed by atoms with Crippen LogP contribution in [-0.4, -0.2) is 17.4 Å². The zero-order chi connectivity index (χ0) is 11.6. The predicted molar refractivity (Wildman–Crippen MR) is 47.0 cm³/mol. The molecule has 0 amide bonds. The van der Waals surface area contributed by atoms with E-state index in [1.54, 1.807) is 0 Å². The van der Waals surface area contributed by atoms with Crippen LogP contribution in [0.2, 0.25) is 0 Å². The molecule has 0 fully saturated rings. The van der Waals surface area contributed by atoms with E-state index in [-0.39, 0.29) is 16.9 Å². The number of rotatable bonds is 2. The highest BCUT2D eigenvalue weighted by atomic mass is 19.4. The van der Waals surface area contributed by atoms with Crippen molar-refractivity contribution in [2.45, 2.75) is 12.2 Å². The third-order valence-corrected chi connectivity index (χ3v) is 1.81. The highest BCUT2D eigenvalue weighted by Gasteiger charge is 2.38. The molecule has 1 aromatic heterocycles. The summed E-state index contributed by atoms with van der Waals surface area (Å²) < 4.78 is 36.6. The normalized spacial score (nSPS) is 13.6. The van der Waals surface area contributed by atoms with Gasteiger partial charge in [-0.1, -0.05) is 0 Å². The van der Waals surface area contributed by atoms with Crippen molar-refractivity contribution in [2.24, 2.45) is 5.73 Å². The molecule has 1 rings (SSSR count). The Balaban J connectivity index is 3.11. The number of nitrogen functional groups attached to an aromatic ring is 1. The number of nitrogens with zero attached hydrogens (tertiary/aromatic N) is 1. The van der Waals surface area contributed by atoms with E-state index in [2.05, 4.69) is 4.98 Å². The van der Waals surface area contributed by atoms with Gasteiger partial charge in [0.1, 0.15) is 11.9 Å². The molecular formula is C8H8F3N3O. The number of pyridine rings is 1. The molecule has 82 valence electrons. The summed E-state index contributed by atoms with van der Waals surface area (Å²) in [7, 11) is 0. The van der Waals surface area contributed by atoms with E-state index in [1.807, 2.05) is 0 Å². The minimum Gasteiger partial charge on any atom is -0.383 e. The number of aldehydes is 1. The molecule has 0 aromatic carbocycles. The van der Waals surface area contributed by atoms with Crippen LogP contribution in [0.25, 0.3) is 0 Å². The van der Waals surface area contributed by atoms with Gasteiger partial charge in [-0.25, -0.2) is 4.98 Å². The first-order chi connectivity index (χ1) is 6.86. The number of carbonyl (C=O) groups excluding carboxylic acids is 1. The Kier molecular flexibility index (Phi) is 2.94. The summed E-state index contributed by atoms with van der Waals surface area (Å²) in [5.41, 5.74) is 9.77. The molecule has 0 aliphatic carbocycles. The Labute approximate surface area is 83.1 Å². The fourth-order valence-corrected chi connectivity index (χ4v) is 0.963. The number of anilines is 1. The lowest BCUT2D eigenvalue weighted by Gasteiger charge is -2.15. The number of alkyl halides is 3. The maximum atomic E-state index is 12.2. The summed E-state index contributed by atoms with van der Waals surface area (Å²) in [4.78, 5) is 13.9. The number of hydrogen-bond acceptors (Lipinski definition) is 4. The fraction of sp³-hybridized carbons (Fsp3) is 0.250. The van der Waals surface area contributed by atoms with E-state index < -0.39 is 12.2 Å². The van der Waals surface area contributed by atoms with Crippen molar-refractivity contribution in [1.29, 1.82) is 0 Å². The van der Waals surface area contributed by atoms with Crippen LogP contribution in [0, 0.1) is 0 Å². The molecule has 0 aliphatic heterocycles. The third-order valence-electron chi connectivity index (χ3n) is 1.81. The van der Waals surface area contributed by atoms with Gasteiger partial charge in [0, 0.05) is 6.20 Å². The first-order valence-electron chi connectivity index (χ1n) is 3.89. The number of hydrogen-bond donors (Lipinski definition) is 2. The van der Waals surface area contributed by atoms with E-state index in [1.165, 1.54) is 0 Å². The van der Waals surface area contributed by atoms with Crippen LogP contribution in [-0.2, 0) is 0 Å². The Hall–Kier alpha value is -1.63. The van der Waals surface area contributed by atoms with Gasteiger partial charge >= 0.3 is 6.18 Å². The van der Waals surface area contributed by atoms with Gasteiger partial charge in [0.05, 0.1) is 5.56 Å². The number of carbonyl (C=O) groups is 1. The second-order valence-corrected chi connectivity index (χ2v) is 2.88. The molecule has 1 atom stereocenters. The molecule has 7 heteroatoms. The molecule has 15 heavy (non-hydrogen) atoms. The second-order valence-electron chi connectivity index (χ2n) is 2.88. The third kappa shape index (κ3) is 2.44. The summed E-state index contributed by atoms with van der Waals surface area (Å²) in [6, 6.07) is -1.18. The first-order valence-corrected chi connectivity index (χ1v) is 3.89. The zero-order valence-corrected chi connectivity index (χ0v) is 7.45. The van der Waals surface area contributed by atoms with Crippen molar-refractivity contribution in [3.63, 3.8) is 0 Å². The predicted octanol–water partition coefficient (Wildman–Crippen LogP) is 1.04. The molecule has 1 aromatic rings. The highest BCUT2D eigenvalue weighted by molar-refractivity contribution is 5.81. The van der Waals surface area contributed by atoms with Crippen molar-refractivity contribution in [2.75, 3.05) is 5.73 Å². The molecule has 0 spiro atoms. The Morgan fingerprint density at radius 3 is 2.53 bits per heavy atom. The minimum absolute atomic E-state index is 0.104. The van der Waals surface area contributed by atoms with Gasteiger partial charge in [-0.2, -0.15) is 13.2 Å². The molecule has 0 aliphatic rings. The molecule has 0 unspecified atom stereocenters. The molecule has 0 saturated carbocycles. The van der Waals surface area contributed by atoms with Crippen molar-refractivity contribution >= 4 is 12.1 Å². The van der Waals surface area contributed by atoms with Crippen LogP contribution in [0.4, 0.5) is 19.0 Å². The monoisotopic (exact) mass is 219 g/mol. The van der Waals surface area contributed by atoms with Crippen LogP contribution < -0.4 is 11.5 Å². The summed E-state index contributed by atoms with van der Waals surface area (Å²) in [5, 5.41) is 0. The molecule has 4 nitrogen and oxygen atoms in total. The van der Waals surface area contributed by atoms with E-state index >= 15 is 0 Å². The van der Waals surface area contributed by atoms with Gasteiger partial charge in [-0.3, -0.25) is 4.79 Å². The zero-order valence-electron chi connectivity index (χ0n) is 7.45. The molecule has 0 saturated heterocycles. The largest absolute Gasteiger partial charge is 0.407 e. The van der Waals surface area contributed by atoms with Crippen molar-refractivity contribution < 1.29 is 18.0 Å². The van der Waals surface area contributed by atoms with Gasteiger partial charge in [0.2, 0.25) is 0 Å². The van der Waals surface area contributed by atoms with Crippen molar-refractivity contribution in [1.82, 2.24) is 4.98 Å². The molecule has 1 heterocycles. The lowest BCUT2D eigenvalue weighted by Crippen LogP contribution is -2.28. The highest BCUT2D eigenvalue weighted by Crippen LogP contribution is 2.30. The quantitative estimate of drug-likeness (QED) is 0.728. The van der Waals surface area contributed by atoms with Crippen LogP contribution in [0.3, 0.4) is 0 Å². The number of aromatic nitrogens is 1. The minimum atomic E-state index is -4.57. The van der Waals surface area contributed by atoms with Gasteiger partial charge < -0.3 is 11.5 Å². The molecule has 4 N–H and O–H groups in total. The summed E-state index contributed by atoms with van der Waals surface area (Å²) in [6.07, 6.45) is -3.34. The Morgan fingerprint density at radius 1 is 1.47 bits per heavy atom. The van der Waals surface area contributed by atoms with E-state index in [0.29, 0.717) is 6.29 Å². The Bertz CT molecular complexity index is 378. The number of halogens is 3. The van der Waals surface area contributed by atoms with Crippen LogP contribution in [0.1, 0.15) is 22.0 Å². The average molecular weight is 219 g/mol. The fourth-order valence-electron chi connectivity index (χ4n) is 0.963. The van der Waals surface area contributed by atoms with E-state index in [0.717, 1.165) is 12.3 Å². The lowest BCUT2D eigenvalue weighted by atomic mass is 10.1. The van der Waals surface area contributed by atoms with Crippen LogP contribution in [0.5, 0.6) is 0 Å². The SMILES string of the molecule is Nc1ncc([C@H](N)C(F)(F)F)cc1C=O. The maximum absolute atomic E-state index is 12.2. The van der Waals surface area contributed by atoms with Gasteiger partial charge in [-0.15, -0.1) is 0 Å². The molecule has 0 bridgehead atoms. The molecule has 0 radical (unpaired) electrons. The lowest BCUT2D eigenvalue weighted by molar-refractivity contribution is -0.149. The van der Waals surface area contributed by atoms with Crippen molar-refractivity contribution in [3.8, 4) is 0 Å². The van der Waals surface area contributed by atoms with E-state index in [4.69, 9.17) is 11.5 Å². The average Bonchev–Trinajstić information content (AvgIpc) is 2.16.